The number of methoxy groups -OCH3 is 1. The van der Waals surface area contributed by atoms with Gasteiger partial charge in [0.15, 0.2) is 0 Å². The van der Waals surface area contributed by atoms with Gasteiger partial charge in [-0.25, -0.2) is 9.59 Å². The second-order valence-corrected chi connectivity index (χ2v) is 6.08. The number of aromatic nitrogens is 2. The topological polar surface area (TPSA) is 108 Å². The van der Waals surface area contributed by atoms with Gasteiger partial charge < -0.3 is 14.9 Å². The summed E-state index contributed by atoms with van der Waals surface area (Å²) in [6.45, 7) is 2.89. The van der Waals surface area contributed by atoms with Gasteiger partial charge in [-0.1, -0.05) is 6.07 Å². The highest BCUT2D eigenvalue weighted by Gasteiger charge is 2.35. The minimum atomic E-state index is -1.11. The second kappa shape index (κ2) is 7.04. The first-order valence-electron chi connectivity index (χ1n) is 8.10. The Hall–Kier alpha value is -3.07. The van der Waals surface area contributed by atoms with Gasteiger partial charge >= 0.3 is 12.2 Å². The number of carbonyl (C=O) groups is 2. The van der Waals surface area contributed by atoms with E-state index in [0.29, 0.717) is 24.5 Å². The van der Waals surface area contributed by atoms with Crippen LogP contribution in [0.25, 0.3) is 11.1 Å². The maximum atomic E-state index is 11.6. The van der Waals surface area contributed by atoms with E-state index in [1.54, 1.807) is 43.1 Å². The number of benzene rings is 1. The van der Waals surface area contributed by atoms with Crippen LogP contribution in [0.2, 0.25) is 0 Å². The molecule has 0 bridgehead atoms. The SMILES string of the molecule is COCCn1cc(-c2ccc3c(c2)N(C(=O)O)C[C@H](C)N3C(=O)O)cn1. The van der Waals surface area contributed by atoms with Gasteiger partial charge in [0.1, 0.15) is 0 Å². The summed E-state index contributed by atoms with van der Waals surface area (Å²) in [4.78, 5) is 25.6. The van der Waals surface area contributed by atoms with E-state index in [9.17, 15) is 19.8 Å². The summed E-state index contributed by atoms with van der Waals surface area (Å²) >= 11 is 0. The molecule has 0 aliphatic carbocycles. The number of nitrogens with zero attached hydrogens (tertiary/aromatic N) is 4. The predicted octanol–water partition coefficient (Wildman–Crippen LogP) is 2.57. The second-order valence-electron chi connectivity index (χ2n) is 6.08. The fraction of sp³-hybridized carbons (Fsp3) is 0.353. The molecule has 2 heterocycles. The van der Waals surface area contributed by atoms with E-state index < -0.39 is 18.2 Å². The minimum Gasteiger partial charge on any atom is -0.465 e. The van der Waals surface area contributed by atoms with Gasteiger partial charge in [-0.3, -0.25) is 14.5 Å². The van der Waals surface area contributed by atoms with Crippen LogP contribution >= 0.6 is 0 Å². The molecule has 0 unspecified atom stereocenters. The van der Waals surface area contributed by atoms with E-state index in [1.807, 2.05) is 6.20 Å². The number of carboxylic acid groups (broad SMARTS) is 2. The van der Waals surface area contributed by atoms with Crippen LogP contribution in [0.5, 0.6) is 0 Å². The van der Waals surface area contributed by atoms with Crippen LogP contribution in [0, 0.1) is 0 Å². The normalized spacial score (nSPS) is 16.5. The Morgan fingerprint density at radius 1 is 1.23 bits per heavy atom. The highest BCUT2D eigenvalue weighted by molar-refractivity contribution is 6.00. The van der Waals surface area contributed by atoms with Crippen molar-refractivity contribution in [2.45, 2.75) is 19.5 Å². The van der Waals surface area contributed by atoms with Gasteiger partial charge in [-0.05, 0) is 24.6 Å². The fourth-order valence-electron chi connectivity index (χ4n) is 3.10. The van der Waals surface area contributed by atoms with Crippen molar-refractivity contribution < 1.29 is 24.5 Å². The lowest BCUT2D eigenvalue weighted by atomic mass is 10.0. The van der Waals surface area contributed by atoms with Crippen molar-refractivity contribution in [2.24, 2.45) is 0 Å². The van der Waals surface area contributed by atoms with Gasteiger partial charge in [0, 0.05) is 18.9 Å². The van der Waals surface area contributed by atoms with Crippen LogP contribution < -0.4 is 9.80 Å². The summed E-state index contributed by atoms with van der Waals surface area (Å²) < 4.78 is 6.76. The smallest absolute Gasteiger partial charge is 0.412 e. The molecule has 1 atom stereocenters. The first-order chi connectivity index (χ1) is 12.4. The van der Waals surface area contributed by atoms with Gasteiger partial charge in [-0.2, -0.15) is 5.10 Å². The molecule has 0 fully saturated rings. The summed E-state index contributed by atoms with van der Waals surface area (Å²) in [5, 5.41) is 23.3. The fourth-order valence-corrected chi connectivity index (χ4v) is 3.10. The zero-order valence-corrected chi connectivity index (χ0v) is 14.5. The maximum absolute atomic E-state index is 11.6. The molecule has 2 aromatic rings. The van der Waals surface area contributed by atoms with Crippen molar-refractivity contribution >= 4 is 23.6 Å². The average Bonchev–Trinajstić information content (AvgIpc) is 3.07. The van der Waals surface area contributed by atoms with Crippen molar-refractivity contribution in [3.05, 3.63) is 30.6 Å². The van der Waals surface area contributed by atoms with Gasteiger partial charge in [-0.15, -0.1) is 0 Å². The Labute approximate surface area is 150 Å². The Kier molecular flexibility index (Phi) is 4.81. The van der Waals surface area contributed by atoms with E-state index in [4.69, 9.17) is 4.74 Å². The van der Waals surface area contributed by atoms with Crippen molar-refractivity contribution in [1.82, 2.24) is 9.78 Å². The highest BCUT2D eigenvalue weighted by Crippen LogP contribution is 2.38. The molecule has 0 radical (unpaired) electrons. The third-order valence-electron chi connectivity index (χ3n) is 4.34. The molecule has 0 spiro atoms. The van der Waals surface area contributed by atoms with Crippen LogP contribution in [0.3, 0.4) is 0 Å². The summed E-state index contributed by atoms with van der Waals surface area (Å²) in [7, 11) is 1.61. The molecule has 2 amide bonds. The van der Waals surface area contributed by atoms with Crippen LogP contribution in [-0.4, -0.2) is 58.5 Å². The molecule has 138 valence electrons. The molecule has 1 aliphatic heterocycles. The Morgan fingerprint density at radius 2 is 2.00 bits per heavy atom. The van der Waals surface area contributed by atoms with Gasteiger partial charge in [0.25, 0.3) is 0 Å². The van der Waals surface area contributed by atoms with Crippen molar-refractivity contribution in [3.8, 4) is 11.1 Å². The highest BCUT2D eigenvalue weighted by atomic mass is 16.5. The summed E-state index contributed by atoms with van der Waals surface area (Å²) in [6.07, 6.45) is 1.30. The summed E-state index contributed by atoms with van der Waals surface area (Å²) in [6, 6.07) is 4.61. The molecule has 3 rings (SSSR count). The van der Waals surface area contributed by atoms with Crippen molar-refractivity contribution in [1.29, 1.82) is 0 Å². The number of fused-ring (bicyclic) bond motifs is 1. The van der Waals surface area contributed by atoms with E-state index >= 15 is 0 Å². The van der Waals surface area contributed by atoms with Gasteiger partial charge in [0.2, 0.25) is 0 Å². The van der Waals surface area contributed by atoms with Crippen LogP contribution in [0.15, 0.2) is 30.6 Å². The molecule has 0 saturated carbocycles. The number of anilines is 2. The minimum absolute atomic E-state index is 0.0746. The lowest BCUT2D eigenvalue weighted by Gasteiger charge is -2.38. The third kappa shape index (κ3) is 3.21. The van der Waals surface area contributed by atoms with E-state index in [-0.39, 0.29) is 6.54 Å². The third-order valence-corrected chi connectivity index (χ3v) is 4.34. The lowest BCUT2D eigenvalue weighted by Crippen LogP contribution is -2.51. The molecule has 1 aliphatic rings. The first kappa shape index (κ1) is 17.7. The van der Waals surface area contributed by atoms with Crippen LogP contribution in [0.1, 0.15) is 6.92 Å². The molecule has 2 N–H and O–H groups in total. The molecular weight excluding hydrogens is 340 g/mol. The molecule has 9 heteroatoms. The van der Waals surface area contributed by atoms with Crippen LogP contribution in [-0.2, 0) is 11.3 Å². The largest absolute Gasteiger partial charge is 0.465 e. The molecule has 1 aromatic carbocycles. The number of hydrogen-bond donors (Lipinski definition) is 2. The monoisotopic (exact) mass is 360 g/mol. The van der Waals surface area contributed by atoms with E-state index in [0.717, 1.165) is 11.1 Å². The molecule has 9 nitrogen and oxygen atoms in total. The van der Waals surface area contributed by atoms with Crippen molar-refractivity contribution in [3.63, 3.8) is 0 Å². The van der Waals surface area contributed by atoms with Crippen molar-refractivity contribution in [2.75, 3.05) is 30.1 Å². The molecule has 1 aromatic heterocycles. The standard InChI is InChI=1S/C17H20N4O5/c1-11-9-20(16(22)23)15-7-12(3-4-14(15)21(11)17(24)25)13-8-18-19(10-13)5-6-26-2/h3-4,7-8,10-11H,5-6,9H2,1-2H3,(H,22,23)(H,24,25)/t11-/m0/s1. The van der Waals surface area contributed by atoms with Crippen LogP contribution in [0.4, 0.5) is 21.0 Å². The molecule has 26 heavy (non-hydrogen) atoms. The number of ether oxygens (including phenoxy) is 1. The molecule has 0 saturated heterocycles. The quantitative estimate of drug-likeness (QED) is 0.867. The average molecular weight is 360 g/mol. The zero-order valence-electron chi connectivity index (χ0n) is 14.5. The number of rotatable bonds is 4. The number of amides is 2. The zero-order chi connectivity index (χ0) is 18.8. The molecular formula is C17H20N4O5. The maximum Gasteiger partial charge on any atom is 0.412 e. The van der Waals surface area contributed by atoms with Gasteiger partial charge in [0.05, 0.1) is 43.3 Å². The van der Waals surface area contributed by atoms with E-state index in [1.165, 1.54) is 9.80 Å². The number of hydrogen-bond acceptors (Lipinski definition) is 4. The Balaban J connectivity index is 2.01. The predicted molar refractivity (Wildman–Crippen MR) is 94.9 cm³/mol. The Morgan fingerprint density at radius 3 is 2.65 bits per heavy atom. The first-order valence-corrected chi connectivity index (χ1v) is 8.10. The summed E-state index contributed by atoms with van der Waals surface area (Å²) in [5.41, 5.74) is 2.28. The Bertz CT molecular complexity index is 834. The van der Waals surface area contributed by atoms with E-state index in [2.05, 4.69) is 5.10 Å². The summed E-state index contributed by atoms with van der Waals surface area (Å²) in [5.74, 6) is 0. The lowest BCUT2D eigenvalue weighted by molar-refractivity contribution is 0.183.